The second-order valence-electron chi connectivity index (χ2n) is 1.53. The van der Waals surface area contributed by atoms with E-state index in [1.54, 1.807) is 0 Å². The maximum Gasteiger partial charge on any atom is 0.327 e. The van der Waals surface area contributed by atoms with Crippen LogP contribution in [0, 0.1) is 0 Å². The third kappa shape index (κ3) is 23.2. The Morgan fingerprint density at radius 1 is 1.50 bits per heavy atom. The van der Waals surface area contributed by atoms with Crippen molar-refractivity contribution in [3.63, 3.8) is 0 Å². The summed E-state index contributed by atoms with van der Waals surface area (Å²) in [7, 11) is -3.85. The Labute approximate surface area is 70.8 Å². The molecule has 0 aromatic rings. The summed E-state index contributed by atoms with van der Waals surface area (Å²) < 4.78 is 27.3. The topological polar surface area (TPSA) is 91.7 Å². The zero-order valence-electron chi connectivity index (χ0n) is 6.47. The highest BCUT2D eigenvalue weighted by molar-refractivity contribution is 7.88. The second kappa shape index (κ2) is 6.56. The van der Waals surface area contributed by atoms with Gasteiger partial charge in [0.1, 0.15) is 0 Å². The predicted molar refractivity (Wildman–Crippen MR) is 44.2 cm³/mol. The average molecular weight is 194 g/mol. The van der Waals surface area contributed by atoms with Crippen LogP contribution in [0.25, 0.3) is 0 Å². The zero-order valence-corrected chi connectivity index (χ0v) is 7.28. The molecular weight excluding hydrogens is 184 g/mol. The van der Waals surface area contributed by atoms with Gasteiger partial charge in [0.15, 0.2) is 0 Å². The molecule has 70 valence electrons. The van der Waals surface area contributed by atoms with Gasteiger partial charge in [0.25, 0.3) is 10.1 Å². The number of carbonyl (C=O) groups is 1. The summed E-state index contributed by atoms with van der Waals surface area (Å²) in [6.45, 7) is 4.47. The lowest BCUT2D eigenvalue weighted by Gasteiger charge is -1.76. The van der Waals surface area contributed by atoms with Crippen molar-refractivity contribution >= 4 is 16.1 Å². The lowest BCUT2D eigenvalue weighted by atomic mass is 10.7. The molecule has 2 N–H and O–H groups in total. The Morgan fingerprint density at radius 3 is 1.83 bits per heavy atom. The molecule has 0 aliphatic rings. The second-order valence-corrected chi connectivity index (χ2v) is 2.83. The van der Waals surface area contributed by atoms with Gasteiger partial charge in [-0.2, -0.15) is 8.42 Å². The van der Waals surface area contributed by atoms with E-state index in [0.29, 0.717) is 5.41 Å². The van der Waals surface area contributed by atoms with E-state index in [9.17, 15) is 13.2 Å². The summed E-state index contributed by atoms with van der Waals surface area (Å²) in [6.07, 6.45) is 2.08. The summed E-state index contributed by atoms with van der Waals surface area (Å²) in [5, 5.41) is 8.32. The van der Waals surface area contributed by atoms with Crippen LogP contribution in [-0.4, -0.2) is 24.0 Å². The number of carboxylic acids is 1. The van der Waals surface area contributed by atoms with Crippen LogP contribution in [0.3, 0.4) is 0 Å². The highest BCUT2D eigenvalue weighted by Crippen LogP contribution is 1.80. The third-order valence-corrected chi connectivity index (χ3v) is 1.10. The smallest absolute Gasteiger partial charge is 0.327 e. The lowest BCUT2D eigenvalue weighted by molar-refractivity contribution is -0.131. The number of hydrogen-bond donors (Lipinski definition) is 2. The van der Waals surface area contributed by atoms with E-state index < -0.39 is 16.1 Å². The van der Waals surface area contributed by atoms with Crippen molar-refractivity contribution in [3.05, 3.63) is 24.1 Å². The molecule has 0 fully saturated rings. The number of allylic oxidation sites excluding steroid dienone is 1. The Kier molecular flexibility index (Phi) is 7.36. The van der Waals surface area contributed by atoms with Gasteiger partial charge in [-0.3, -0.25) is 4.55 Å². The normalized spacial score (nSPS) is 10.2. The molecule has 0 aliphatic heterocycles. The van der Waals surface area contributed by atoms with Crippen LogP contribution >= 0.6 is 0 Å². The Bertz CT molecular complexity index is 262. The molecule has 0 aromatic carbocycles. The van der Waals surface area contributed by atoms with Gasteiger partial charge in [0, 0.05) is 6.08 Å². The van der Waals surface area contributed by atoms with Gasteiger partial charge in [0.05, 0.1) is 5.41 Å². The van der Waals surface area contributed by atoms with E-state index in [-0.39, 0.29) is 0 Å². The van der Waals surface area contributed by atoms with E-state index in [1.165, 1.54) is 13.0 Å². The summed E-state index contributed by atoms with van der Waals surface area (Å²) in [5.74, 6) is -0.981. The van der Waals surface area contributed by atoms with Gasteiger partial charge < -0.3 is 5.11 Å². The van der Waals surface area contributed by atoms with Crippen molar-refractivity contribution in [3.8, 4) is 0 Å². The minimum atomic E-state index is -3.85. The fourth-order valence-electron chi connectivity index (χ4n) is 0.172. The van der Waals surface area contributed by atoms with Crippen molar-refractivity contribution in [2.75, 3.05) is 0 Å². The van der Waals surface area contributed by atoms with Crippen LogP contribution in [0.5, 0.6) is 0 Å². The van der Waals surface area contributed by atoms with Crippen molar-refractivity contribution in [1.29, 1.82) is 0 Å². The van der Waals surface area contributed by atoms with Crippen LogP contribution in [0.4, 0.5) is 0 Å². The average Bonchev–Trinajstić information content (AvgIpc) is 1.86. The maximum atomic E-state index is 9.70. The number of carboxylic acid groups (broad SMARTS) is 1. The first-order chi connectivity index (χ1) is 5.33. The molecule has 0 heterocycles. The summed E-state index contributed by atoms with van der Waals surface area (Å²) >= 11 is 0. The summed E-state index contributed by atoms with van der Waals surface area (Å²) in [5.41, 5.74) is 0. The van der Waals surface area contributed by atoms with Crippen molar-refractivity contribution in [1.82, 2.24) is 0 Å². The fourth-order valence-corrected chi connectivity index (χ4v) is 0.516. The van der Waals surface area contributed by atoms with Crippen LogP contribution in [0.1, 0.15) is 6.92 Å². The van der Waals surface area contributed by atoms with Gasteiger partial charge in [-0.05, 0) is 6.92 Å². The first-order valence-electron chi connectivity index (χ1n) is 2.79. The Hall–Kier alpha value is -1.14. The maximum absolute atomic E-state index is 9.70. The van der Waals surface area contributed by atoms with Crippen LogP contribution in [0.15, 0.2) is 24.1 Å². The van der Waals surface area contributed by atoms with E-state index >= 15 is 0 Å². The molecule has 0 bridgehead atoms. The molecule has 12 heavy (non-hydrogen) atoms. The first-order valence-corrected chi connectivity index (χ1v) is 4.29. The van der Waals surface area contributed by atoms with Crippen molar-refractivity contribution in [2.24, 2.45) is 0 Å². The van der Waals surface area contributed by atoms with Gasteiger partial charge in [-0.1, -0.05) is 12.7 Å². The van der Waals surface area contributed by atoms with Crippen molar-refractivity contribution in [2.45, 2.75) is 6.92 Å². The largest absolute Gasteiger partial charge is 0.478 e. The minimum absolute atomic E-state index is 0.715. The Morgan fingerprint density at radius 2 is 1.83 bits per heavy atom. The molecule has 0 rings (SSSR count). The summed E-state index contributed by atoms with van der Waals surface area (Å²) in [6, 6.07) is 0. The molecule has 0 spiro atoms. The highest BCUT2D eigenvalue weighted by Gasteiger charge is 1.90. The van der Waals surface area contributed by atoms with E-state index in [1.807, 2.05) is 0 Å². The van der Waals surface area contributed by atoms with E-state index in [2.05, 4.69) is 6.58 Å². The molecule has 0 saturated heterocycles. The zero-order chi connectivity index (χ0) is 10.2. The van der Waals surface area contributed by atoms with Crippen LogP contribution in [0.2, 0.25) is 0 Å². The van der Waals surface area contributed by atoms with E-state index in [0.717, 1.165) is 6.08 Å². The molecule has 5 nitrogen and oxygen atoms in total. The minimum Gasteiger partial charge on any atom is -0.478 e. The monoisotopic (exact) mass is 194 g/mol. The third-order valence-electron chi connectivity index (χ3n) is 0.483. The molecule has 0 aromatic heterocycles. The highest BCUT2D eigenvalue weighted by atomic mass is 32.2. The molecule has 0 saturated carbocycles. The quantitative estimate of drug-likeness (QED) is 0.497. The summed E-state index contributed by atoms with van der Waals surface area (Å²) in [4.78, 5) is 9.25. The number of aliphatic carboxylic acids is 1. The first kappa shape index (κ1) is 13.4. The molecular formula is C6H10O5S. The SMILES string of the molecule is C=CC(=O)O.CC=CS(=O)(=O)O. The van der Waals surface area contributed by atoms with Gasteiger partial charge in [0.2, 0.25) is 0 Å². The van der Waals surface area contributed by atoms with E-state index in [4.69, 9.17) is 9.66 Å². The molecule has 0 unspecified atom stereocenters. The van der Waals surface area contributed by atoms with Crippen LogP contribution in [-0.2, 0) is 14.9 Å². The predicted octanol–water partition coefficient (Wildman–Crippen LogP) is 0.665. The van der Waals surface area contributed by atoms with Crippen LogP contribution < -0.4 is 0 Å². The molecule has 0 atom stereocenters. The molecule has 0 radical (unpaired) electrons. The standard InChI is InChI=1S/C3H6O3S.C3H4O2/c1-2-3-7(4,5)6;1-2-3(4)5/h2-3H,1H3,(H,4,5,6);2H,1H2,(H,4,5). The molecule has 0 aliphatic carbocycles. The number of rotatable bonds is 2. The number of hydrogen-bond acceptors (Lipinski definition) is 3. The lowest BCUT2D eigenvalue weighted by Crippen LogP contribution is -1.87. The van der Waals surface area contributed by atoms with Gasteiger partial charge in [-0.15, -0.1) is 0 Å². The fraction of sp³-hybridized carbons (Fsp3) is 0.167. The molecule has 0 amide bonds. The Balaban J connectivity index is 0. The van der Waals surface area contributed by atoms with Gasteiger partial charge >= 0.3 is 5.97 Å². The molecule has 6 heteroatoms. The van der Waals surface area contributed by atoms with Crippen molar-refractivity contribution < 1.29 is 22.9 Å². The van der Waals surface area contributed by atoms with Gasteiger partial charge in [-0.25, -0.2) is 4.79 Å².